The zero-order chi connectivity index (χ0) is 18.6. The zero-order valence-corrected chi connectivity index (χ0v) is 16.6. The van der Waals surface area contributed by atoms with Crippen LogP contribution >= 0.6 is 11.3 Å². The van der Waals surface area contributed by atoms with Crippen LogP contribution in [0.4, 0.5) is 0 Å². The van der Waals surface area contributed by atoms with Gasteiger partial charge in [0.2, 0.25) is 11.8 Å². The van der Waals surface area contributed by atoms with Crippen molar-refractivity contribution in [3.05, 3.63) is 16.1 Å². The van der Waals surface area contributed by atoms with E-state index in [1.54, 1.807) is 11.3 Å². The maximum atomic E-state index is 12.7. The lowest BCUT2D eigenvalue weighted by Gasteiger charge is -2.33. The second-order valence-corrected chi connectivity index (χ2v) is 8.92. The first kappa shape index (κ1) is 18.9. The molecule has 1 aliphatic carbocycles. The van der Waals surface area contributed by atoms with E-state index in [0.717, 1.165) is 62.3 Å². The second-order valence-electron chi connectivity index (χ2n) is 8.03. The summed E-state index contributed by atoms with van der Waals surface area (Å²) in [6.45, 7) is 3.59. The maximum Gasteiger partial charge on any atom is 0.228 e. The molecule has 6 nitrogen and oxygen atoms in total. The van der Waals surface area contributed by atoms with E-state index < -0.39 is 0 Å². The van der Waals surface area contributed by atoms with Gasteiger partial charge in [-0.25, -0.2) is 4.98 Å². The molecule has 0 radical (unpaired) electrons. The predicted molar refractivity (Wildman–Crippen MR) is 104 cm³/mol. The van der Waals surface area contributed by atoms with Crippen LogP contribution in [0.25, 0.3) is 0 Å². The van der Waals surface area contributed by atoms with Crippen molar-refractivity contribution in [2.75, 3.05) is 32.8 Å². The largest absolute Gasteiger partial charge is 0.381 e. The molecule has 27 heavy (non-hydrogen) atoms. The van der Waals surface area contributed by atoms with Crippen LogP contribution in [0.15, 0.2) is 5.38 Å². The van der Waals surface area contributed by atoms with Crippen LogP contribution in [0.3, 0.4) is 0 Å². The number of piperidine rings is 1. The number of nitrogens with zero attached hydrogens (tertiary/aromatic N) is 2. The van der Waals surface area contributed by atoms with Gasteiger partial charge in [-0.2, -0.15) is 0 Å². The van der Waals surface area contributed by atoms with Gasteiger partial charge in [-0.05, 0) is 32.1 Å². The molecule has 2 aliphatic heterocycles. The molecule has 1 N–H and O–H groups in total. The molecule has 148 valence electrons. The van der Waals surface area contributed by atoms with Crippen molar-refractivity contribution in [3.8, 4) is 0 Å². The van der Waals surface area contributed by atoms with Crippen molar-refractivity contribution in [2.24, 2.45) is 11.8 Å². The van der Waals surface area contributed by atoms with Crippen molar-refractivity contribution in [3.63, 3.8) is 0 Å². The Morgan fingerprint density at radius 1 is 1.22 bits per heavy atom. The fraction of sp³-hybridized carbons (Fsp3) is 0.750. The molecular formula is C20H29N3O3S. The highest BCUT2D eigenvalue weighted by atomic mass is 32.1. The number of thiazole rings is 1. The Balaban J connectivity index is 1.27. The van der Waals surface area contributed by atoms with Gasteiger partial charge in [-0.15, -0.1) is 11.3 Å². The van der Waals surface area contributed by atoms with Crippen LogP contribution < -0.4 is 5.32 Å². The summed E-state index contributed by atoms with van der Waals surface area (Å²) in [5.41, 5.74) is 1.05. The van der Waals surface area contributed by atoms with Gasteiger partial charge in [0.1, 0.15) is 0 Å². The number of ether oxygens (including phenoxy) is 1. The molecule has 2 saturated heterocycles. The molecule has 2 amide bonds. The van der Waals surface area contributed by atoms with E-state index in [1.165, 1.54) is 6.42 Å². The molecule has 1 aromatic heterocycles. The third kappa shape index (κ3) is 4.51. The number of nitrogens with one attached hydrogen (secondary N) is 1. The number of aromatic nitrogens is 1. The van der Waals surface area contributed by atoms with Crippen LogP contribution in [0.5, 0.6) is 0 Å². The smallest absolute Gasteiger partial charge is 0.228 e. The fourth-order valence-electron chi connectivity index (χ4n) is 4.12. The van der Waals surface area contributed by atoms with E-state index in [9.17, 15) is 9.59 Å². The Morgan fingerprint density at radius 2 is 2.11 bits per heavy atom. The number of rotatable bonds is 6. The Hall–Kier alpha value is -1.47. The average Bonchev–Trinajstić information content (AvgIpc) is 3.32. The first-order valence-electron chi connectivity index (χ1n) is 10.3. The van der Waals surface area contributed by atoms with E-state index in [4.69, 9.17) is 9.72 Å². The minimum absolute atomic E-state index is 0.0508. The fourth-order valence-corrected chi connectivity index (χ4v) is 5.10. The van der Waals surface area contributed by atoms with E-state index in [-0.39, 0.29) is 23.7 Å². The summed E-state index contributed by atoms with van der Waals surface area (Å²) in [5.74, 6) is 1.09. The number of hydrogen-bond acceptors (Lipinski definition) is 5. The van der Waals surface area contributed by atoms with Gasteiger partial charge in [0, 0.05) is 49.9 Å². The van der Waals surface area contributed by atoms with Gasteiger partial charge in [0.25, 0.3) is 0 Å². The first-order valence-corrected chi connectivity index (χ1v) is 11.2. The van der Waals surface area contributed by atoms with Crippen molar-refractivity contribution >= 4 is 23.2 Å². The van der Waals surface area contributed by atoms with Crippen LogP contribution in [0, 0.1) is 11.8 Å². The Kier molecular flexibility index (Phi) is 6.08. The van der Waals surface area contributed by atoms with Gasteiger partial charge in [0.05, 0.1) is 23.2 Å². The summed E-state index contributed by atoms with van der Waals surface area (Å²) in [5, 5.41) is 6.28. The zero-order valence-electron chi connectivity index (χ0n) is 15.8. The minimum Gasteiger partial charge on any atom is -0.381 e. The van der Waals surface area contributed by atoms with Gasteiger partial charge in [0.15, 0.2) is 0 Å². The van der Waals surface area contributed by atoms with Gasteiger partial charge >= 0.3 is 0 Å². The highest BCUT2D eigenvalue weighted by Gasteiger charge is 2.32. The number of carbonyl (C=O) groups is 2. The lowest BCUT2D eigenvalue weighted by atomic mass is 9.85. The Bertz CT molecular complexity index is 667. The number of carbonyl (C=O) groups excluding carboxylic acids is 2. The second kappa shape index (κ2) is 8.69. The summed E-state index contributed by atoms with van der Waals surface area (Å²) < 4.78 is 5.38. The summed E-state index contributed by atoms with van der Waals surface area (Å²) in [6, 6.07) is 0. The number of hydrogen-bond donors (Lipinski definition) is 1. The highest BCUT2D eigenvalue weighted by Crippen LogP contribution is 2.31. The number of likely N-dealkylation sites (tertiary alicyclic amines) is 1. The van der Waals surface area contributed by atoms with Crippen LogP contribution in [0.1, 0.15) is 55.1 Å². The van der Waals surface area contributed by atoms with Crippen molar-refractivity contribution in [1.82, 2.24) is 15.2 Å². The molecular weight excluding hydrogens is 362 g/mol. The molecule has 1 aromatic rings. The van der Waals surface area contributed by atoms with Crippen LogP contribution in [-0.4, -0.2) is 54.5 Å². The third-order valence-corrected chi connectivity index (χ3v) is 7.14. The first-order chi connectivity index (χ1) is 13.2. The summed E-state index contributed by atoms with van der Waals surface area (Å²) in [7, 11) is 0. The molecule has 7 heteroatoms. The van der Waals surface area contributed by atoms with E-state index in [1.807, 2.05) is 4.90 Å². The lowest BCUT2D eigenvalue weighted by molar-refractivity contribution is -0.136. The van der Waals surface area contributed by atoms with Gasteiger partial charge in [-0.1, -0.05) is 6.42 Å². The minimum atomic E-state index is 0.0508. The molecule has 2 unspecified atom stereocenters. The summed E-state index contributed by atoms with van der Waals surface area (Å²) >= 11 is 1.70. The molecule has 3 aliphatic rings. The van der Waals surface area contributed by atoms with Crippen molar-refractivity contribution in [2.45, 2.75) is 50.9 Å². The topological polar surface area (TPSA) is 71.5 Å². The molecule has 0 spiro atoms. The van der Waals surface area contributed by atoms with Gasteiger partial charge < -0.3 is 15.0 Å². The third-order valence-electron chi connectivity index (χ3n) is 6.09. The molecule has 3 heterocycles. The predicted octanol–water partition coefficient (Wildman–Crippen LogP) is 2.34. The van der Waals surface area contributed by atoms with E-state index in [0.29, 0.717) is 25.7 Å². The quantitative estimate of drug-likeness (QED) is 0.808. The Labute approximate surface area is 164 Å². The lowest BCUT2D eigenvalue weighted by Crippen LogP contribution is -2.42. The molecule has 0 bridgehead atoms. The molecule has 1 saturated carbocycles. The monoisotopic (exact) mass is 391 g/mol. The summed E-state index contributed by atoms with van der Waals surface area (Å²) in [6.07, 6.45) is 7.03. The number of amides is 2. The normalized spacial score (nSPS) is 26.0. The van der Waals surface area contributed by atoms with Crippen LogP contribution in [-0.2, 0) is 20.7 Å². The molecule has 4 rings (SSSR count). The van der Waals surface area contributed by atoms with Crippen molar-refractivity contribution < 1.29 is 14.3 Å². The van der Waals surface area contributed by atoms with Crippen molar-refractivity contribution in [1.29, 1.82) is 0 Å². The van der Waals surface area contributed by atoms with Crippen LogP contribution in [0.2, 0.25) is 0 Å². The van der Waals surface area contributed by atoms with Gasteiger partial charge in [-0.3, -0.25) is 9.59 Å². The standard InChI is InChI=1S/C20H29N3O3S/c24-18(14-3-1-4-14)21-8-6-17-13-27-19(22-17)15-5-2-9-23(11-15)20(25)16-7-10-26-12-16/h13-16H,1-12H2,(H,21,24). The molecule has 2 atom stereocenters. The highest BCUT2D eigenvalue weighted by molar-refractivity contribution is 7.09. The van der Waals surface area contributed by atoms with E-state index in [2.05, 4.69) is 10.7 Å². The molecule has 0 aromatic carbocycles. The molecule has 3 fully saturated rings. The average molecular weight is 392 g/mol. The summed E-state index contributed by atoms with van der Waals surface area (Å²) in [4.78, 5) is 31.4. The maximum absolute atomic E-state index is 12.7. The SMILES string of the molecule is O=C(NCCc1csc(C2CCCN(C(=O)C3CCOC3)C2)n1)C1CCC1. The Morgan fingerprint density at radius 3 is 2.85 bits per heavy atom. The van der Waals surface area contributed by atoms with E-state index >= 15 is 0 Å².